The Labute approximate surface area is 838 Å². The number of hydrazone groups is 5. The summed E-state index contributed by atoms with van der Waals surface area (Å²) in [6.07, 6.45) is 3.66. The molecule has 8 aliphatic heterocycles. The maximum absolute atomic E-state index is 14.5. The highest BCUT2D eigenvalue weighted by Gasteiger charge is 2.64. The van der Waals surface area contributed by atoms with Crippen molar-refractivity contribution in [3.8, 4) is 11.5 Å². The summed E-state index contributed by atoms with van der Waals surface area (Å²) in [4.78, 5) is 62.7. The number of fused-ring (bicyclic) bond motifs is 10. The van der Waals surface area contributed by atoms with Gasteiger partial charge >= 0.3 is 0 Å². The Morgan fingerprint density at radius 1 is 0.324 bits per heavy atom. The molecular weight excluding hydrogens is 1970 g/mol. The van der Waals surface area contributed by atoms with Crippen LogP contribution in [0.2, 0.25) is 0 Å². The number of nitrogens with zero attached hydrogens (tertiary/aromatic N) is 10. The van der Waals surface area contributed by atoms with E-state index < -0.39 is 157 Å². The van der Waals surface area contributed by atoms with E-state index in [0.717, 1.165) is 134 Å². The number of hydrogen-bond donors (Lipinski definition) is 6. The van der Waals surface area contributed by atoms with Crippen LogP contribution >= 0.6 is 0 Å². The number of hydrogen-bond acceptors (Lipinski definition) is 23. The lowest BCUT2D eigenvalue weighted by atomic mass is 9.74. The van der Waals surface area contributed by atoms with Crippen LogP contribution in [0.4, 0.5) is 67.2 Å². The number of nitrogens with one attached hydrogen (secondary N) is 1. The lowest BCUT2D eigenvalue weighted by molar-refractivity contribution is -0.171. The van der Waals surface area contributed by atoms with Crippen molar-refractivity contribution in [1.82, 2.24) is 25.0 Å². The largest absolute Gasteiger partial charge is 0.493 e. The zero-order valence-electron chi connectivity index (χ0n) is 80.0. The quantitative estimate of drug-likeness (QED) is 0.0519. The molecule has 10 atom stereocenters. The van der Waals surface area contributed by atoms with Crippen LogP contribution < -0.4 is 14.8 Å². The lowest BCUT2D eigenvalue weighted by Crippen LogP contribution is -2.54. The van der Waals surface area contributed by atoms with Crippen LogP contribution in [0.25, 0.3) is 0 Å². The van der Waals surface area contributed by atoms with Gasteiger partial charge in [0.25, 0.3) is 0 Å². The van der Waals surface area contributed by atoms with Crippen molar-refractivity contribution in [2.24, 2.45) is 55.1 Å². The maximum atomic E-state index is 14.5. The zero-order chi connectivity index (χ0) is 106. The third-order valence-corrected chi connectivity index (χ3v) is 27.0. The van der Waals surface area contributed by atoms with E-state index in [1.165, 1.54) is 88.2 Å². The van der Waals surface area contributed by atoms with Crippen LogP contribution in [-0.2, 0) is 89.1 Å². The van der Waals surface area contributed by atoms with E-state index in [1.807, 2.05) is 24.3 Å². The van der Waals surface area contributed by atoms with Crippen LogP contribution in [-0.4, -0.2) is 162 Å². The number of carbonyl (C=O) groups excluding carboxylic acids is 5. The van der Waals surface area contributed by atoms with Gasteiger partial charge in [0.1, 0.15) is 92.9 Å². The number of aliphatic hydroxyl groups excluding tert-OH is 5. The summed E-state index contributed by atoms with van der Waals surface area (Å²) in [5, 5.41) is 77.2. The average Bonchev–Trinajstić information content (AvgIpc) is 1.54. The molecule has 0 saturated heterocycles. The summed E-state index contributed by atoms with van der Waals surface area (Å²) in [6.45, 7) is 10.6. The molecule has 42 heteroatoms. The fourth-order valence-corrected chi connectivity index (χ4v) is 20.5. The second-order valence-electron chi connectivity index (χ2n) is 36.2. The predicted octanol–water partition coefficient (Wildman–Crippen LogP) is 17.0. The molecule has 28 nitrogen and oxygen atoms in total. The van der Waals surface area contributed by atoms with Crippen molar-refractivity contribution in [3.63, 3.8) is 0 Å². The van der Waals surface area contributed by atoms with E-state index in [-0.39, 0.29) is 172 Å². The topological polar surface area (TPSA) is 341 Å². The summed E-state index contributed by atoms with van der Waals surface area (Å²) in [6, 6.07) is 33.7. The summed E-state index contributed by atoms with van der Waals surface area (Å²) in [5.41, 5.74) is -3.45. The molecule has 20 rings (SSSR count). The van der Waals surface area contributed by atoms with Crippen LogP contribution in [0.5, 0.6) is 11.5 Å². The second-order valence-corrected chi connectivity index (χ2v) is 36.2. The fraction of sp³-hybridized carbons (Fsp3) is 0.340. The molecule has 0 fully saturated rings. The van der Waals surface area contributed by atoms with E-state index in [1.54, 1.807) is 26.8 Å². The van der Waals surface area contributed by atoms with Crippen molar-refractivity contribution >= 4 is 64.7 Å². The first-order chi connectivity index (χ1) is 70.1. The zero-order valence-corrected chi connectivity index (χ0v) is 80.0. The molecular formula is C106H101F14N11O17. The Morgan fingerprint density at radius 3 is 1.03 bits per heavy atom. The molecule has 2 aliphatic carbocycles. The van der Waals surface area contributed by atoms with E-state index in [9.17, 15) is 111 Å². The minimum atomic E-state index is -1.68. The van der Waals surface area contributed by atoms with Gasteiger partial charge in [0.15, 0.2) is 0 Å². The summed E-state index contributed by atoms with van der Waals surface area (Å²) in [7, 11) is 0. The molecule has 0 saturated carbocycles. The molecule has 10 aliphatic rings. The monoisotopic (exact) mass is 2070 g/mol. The number of benzene rings is 10. The molecule has 148 heavy (non-hydrogen) atoms. The van der Waals surface area contributed by atoms with Crippen molar-refractivity contribution in [3.05, 3.63) is 335 Å². The summed E-state index contributed by atoms with van der Waals surface area (Å²) < 4.78 is 240. The molecule has 5 amide bonds. The first-order valence-corrected chi connectivity index (χ1v) is 46.7. The van der Waals surface area contributed by atoms with Crippen molar-refractivity contribution < 1.29 is 144 Å². The molecule has 6 N–H and O–H groups in total. The van der Waals surface area contributed by atoms with Gasteiger partial charge in [-0.1, -0.05) is 37.8 Å². The minimum Gasteiger partial charge on any atom is -0.493 e. The van der Waals surface area contributed by atoms with Gasteiger partial charge < -0.3 is 64.0 Å². The molecule has 5 spiro atoms. The lowest BCUT2D eigenvalue weighted by Gasteiger charge is -2.45. The second kappa shape index (κ2) is 43.3. The highest BCUT2D eigenvalue weighted by Crippen LogP contribution is 2.58. The third kappa shape index (κ3) is 19.5. The van der Waals surface area contributed by atoms with Crippen LogP contribution in [0.15, 0.2) is 195 Å². The number of amides is 5. The Kier molecular flexibility index (Phi) is 31.4. The van der Waals surface area contributed by atoms with Gasteiger partial charge in [-0.05, 0) is 246 Å². The smallest absolute Gasteiger partial charge is 0.244 e. The standard InChI is InChI=1S/C21H20F3N3O3.2C21H19F3N2O4.C21H19F3N2O3.C21H20F2N2O3.CH4/c1-11-7-15(23)9-17-19(11)25-10-13(5-6-28)21(17)27(12(2)29)26-20(30-21)16-8-14(22)3-4-18(16)24;1-11-7-19-16(9-18(11)24)21(13(5-6-27)10-29-19)26(12(2)28)25-20(30-21)15-8-14(22)3-4-17(15)23;1-11-7-15(23)9-17-19(11)29-10-13(5-6-27)21(17)26(12(2)28)25-20(30-21)16-8-14(22)3-4-18(16)24;1-12(28)26-21(29-20(25-26)17-10-15(22)6-7-19(17)24)14(8-9-27)4-2-13-3-5-16(23)11-18(13)21;1-13(27)25-21(28-20(24-25)17-12-16(22)8-9-19(17)23)15(10-11-26)7-6-14-4-2-3-5-18(14)21;/h3-4,7-9,13,25,28H,5-6,10H2,1-2H3;2*3-4,7-9,13,27H,5-6,10H2,1-2H3;3,5-7,10-11,14,27H,2,4,8-9H2,1H3;2-5,8-9,12,15,26H,6-7,10-11H2,1H3;1H4. The van der Waals surface area contributed by atoms with Crippen molar-refractivity contribution in [2.75, 3.05) is 58.1 Å². The van der Waals surface area contributed by atoms with Crippen LogP contribution in [0.3, 0.4) is 0 Å². The van der Waals surface area contributed by atoms with Gasteiger partial charge in [0.2, 0.25) is 87.6 Å². The molecule has 0 radical (unpaired) electrons. The number of aliphatic hydroxyl groups is 5. The number of aryl methyl sites for hydroxylation is 5. The van der Waals surface area contributed by atoms with Gasteiger partial charge in [0, 0.05) is 114 Å². The Bertz CT molecular complexity index is 6880. The van der Waals surface area contributed by atoms with Gasteiger partial charge in [-0.3, -0.25) is 24.0 Å². The molecule has 0 bridgehead atoms. The number of rotatable bonds is 15. The molecule has 10 unspecified atom stereocenters. The van der Waals surface area contributed by atoms with Crippen LogP contribution in [0, 0.1) is 132 Å². The number of carbonyl (C=O) groups is 5. The Morgan fingerprint density at radius 2 is 0.635 bits per heavy atom. The van der Waals surface area contributed by atoms with E-state index in [4.69, 9.17) is 33.2 Å². The third-order valence-electron chi connectivity index (χ3n) is 27.0. The molecule has 8 heterocycles. The minimum absolute atomic E-state index is 0. The van der Waals surface area contributed by atoms with Crippen molar-refractivity contribution in [2.45, 2.75) is 149 Å². The molecule has 0 aromatic heterocycles. The molecule has 780 valence electrons. The van der Waals surface area contributed by atoms with Crippen LogP contribution in [0.1, 0.15) is 170 Å². The van der Waals surface area contributed by atoms with Gasteiger partial charge in [-0.15, -0.1) is 25.5 Å². The normalized spacial score (nSPS) is 22.5. The summed E-state index contributed by atoms with van der Waals surface area (Å²) in [5.74, 6) is -15.3. The molecule has 10 aromatic rings. The van der Waals surface area contributed by atoms with E-state index in [2.05, 4.69) is 30.8 Å². The SMILES string of the molecule is C.CC(=O)N1N=C(c2cc(F)ccc2F)OC12c1cc(F)c(C)cc1OCC2CCO.CC(=O)N1N=C(c2cc(F)ccc2F)OC12c1cc(F)cc(C)c1NCC2CCO.CC(=O)N1N=C(c2cc(F)ccc2F)OC12c1cc(F)cc(C)c1OCC2CCO.CC(=O)N1N=C(c2cc(F)ccc2F)OC12c1cc(F)ccc1CCC2CCO.CC(=O)N1N=C(c2cc(F)ccc2F)OC12c1ccccc1CCC2CCO. The number of halogens is 14. The van der Waals surface area contributed by atoms with Gasteiger partial charge in [-0.25, -0.2) is 61.5 Å². The number of anilines is 1. The van der Waals surface area contributed by atoms with E-state index >= 15 is 0 Å². The van der Waals surface area contributed by atoms with E-state index in [0.29, 0.717) is 64.9 Å². The molecule has 10 aromatic carbocycles. The summed E-state index contributed by atoms with van der Waals surface area (Å²) >= 11 is 0. The van der Waals surface area contributed by atoms with Gasteiger partial charge in [-0.2, -0.15) is 25.0 Å². The highest BCUT2D eigenvalue weighted by atomic mass is 19.2. The first-order valence-electron chi connectivity index (χ1n) is 46.7. The van der Waals surface area contributed by atoms with Gasteiger partial charge in [0.05, 0.1) is 64.0 Å². The highest BCUT2D eigenvalue weighted by molar-refractivity contribution is 6.01. The predicted molar refractivity (Wildman–Crippen MR) is 506 cm³/mol. The Hall–Kier alpha value is -14.9. The first kappa shape index (κ1) is 107. The van der Waals surface area contributed by atoms with Crippen molar-refractivity contribution in [1.29, 1.82) is 0 Å². The fourth-order valence-electron chi connectivity index (χ4n) is 20.5. The number of ether oxygens (including phenoxy) is 7. The maximum Gasteiger partial charge on any atom is 0.244 e. The average molecular weight is 2070 g/mol. The Balaban J connectivity index is 0.000000138.